The molecule has 22 heavy (non-hydrogen) atoms. The van der Waals surface area contributed by atoms with Crippen LogP contribution in [0, 0.1) is 0 Å². The number of nitrogens with zero attached hydrogens (tertiary/aromatic N) is 2. The highest BCUT2D eigenvalue weighted by atomic mass is 35.5. The third kappa shape index (κ3) is 3.89. The maximum Gasteiger partial charge on any atom is 0.236 e. The molecular weight excluding hydrogens is 365 g/mol. The van der Waals surface area contributed by atoms with E-state index < -0.39 is 0 Å². The first kappa shape index (κ1) is 17.9. The highest BCUT2D eigenvalue weighted by molar-refractivity contribution is 7.97. The summed E-state index contributed by atoms with van der Waals surface area (Å²) in [5.74, 6) is 2.65. The van der Waals surface area contributed by atoms with Gasteiger partial charge in [0, 0.05) is 15.8 Å². The molecule has 3 rings (SSSR count). The highest BCUT2D eigenvalue weighted by Gasteiger charge is 2.38. The molecule has 1 aromatic carbocycles. The molecule has 0 aliphatic heterocycles. The van der Waals surface area contributed by atoms with E-state index in [0.717, 1.165) is 30.6 Å². The number of nitrogens with two attached hydrogens (primary N) is 1. The Morgan fingerprint density at radius 1 is 1.27 bits per heavy atom. The first-order valence-corrected chi connectivity index (χ1v) is 8.61. The number of halogens is 3. The average molecular weight is 381 g/mol. The van der Waals surface area contributed by atoms with Gasteiger partial charge in [0.15, 0.2) is 5.82 Å². The van der Waals surface area contributed by atoms with Crippen molar-refractivity contribution in [2.24, 2.45) is 5.73 Å². The molecule has 1 aromatic heterocycles. The molecule has 0 saturated heterocycles. The summed E-state index contributed by atoms with van der Waals surface area (Å²) >= 11 is 13.7. The van der Waals surface area contributed by atoms with Crippen LogP contribution in [-0.4, -0.2) is 10.1 Å². The van der Waals surface area contributed by atoms with Gasteiger partial charge in [0.05, 0.1) is 11.3 Å². The lowest BCUT2D eigenvalue weighted by atomic mass is 9.77. The SMILES string of the molecule is Cl.NC1(c2noc(CSCc3ccc(Cl)cc3Cl)n2)CCC1. The number of thioether (sulfide) groups is 1. The molecular formula is C14H16Cl3N3OS. The lowest BCUT2D eigenvalue weighted by Crippen LogP contribution is -2.44. The molecule has 1 saturated carbocycles. The molecule has 120 valence electrons. The molecule has 0 radical (unpaired) electrons. The van der Waals surface area contributed by atoms with Gasteiger partial charge in [0.25, 0.3) is 0 Å². The van der Waals surface area contributed by atoms with E-state index in [-0.39, 0.29) is 17.9 Å². The second kappa shape index (κ2) is 7.41. The van der Waals surface area contributed by atoms with Crippen molar-refractivity contribution in [3.63, 3.8) is 0 Å². The third-order valence-electron chi connectivity index (χ3n) is 3.66. The third-order valence-corrected chi connectivity index (χ3v) is 5.21. The maximum absolute atomic E-state index is 6.17. The highest BCUT2D eigenvalue weighted by Crippen LogP contribution is 2.37. The molecule has 4 nitrogen and oxygen atoms in total. The van der Waals surface area contributed by atoms with Gasteiger partial charge < -0.3 is 10.3 Å². The first-order chi connectivity index (χ1) is 10.1. The van der Waals surface area contributed by atoms with Crippen LogP contribution in [0.25, 0.3) is 0 Å². The lowest BCUT2D eigenvalue weighted by molar-refractivity contribution is 0.229. The van der Waals surface area contributed by atoms with Gasteiger partial charge in [-0.25, -0.2) is 0 Å². The standard InChI is InChI=1S/C14H15Cl2N3OS.ClH/c15-10-3-2-9(11(16)6-10)7-21-8-12-18-13(19-20-12)14(17)4-1-5-14;/h2-3,6H,1,4-5,7-8,17H2;1H. The van der Waals surface area contributed by atoms with E-state index in [1.54, 1.807) is 17.8 Å². The number of rotatable bonds is 5. The second-order valence-electron chi connectivity index (χ2n) is 5.25. The normalized spacial score (nSPS) is 16.0. The summed E-state index contributed by atoms with van der Waals surface area (Å²) in [7, 11) is 0. The molecule has 0 unspecified atom stereocenters. The Balaban J connectivity index is 0.00000176. The number of aromatic nitrogens is 2. The minimum absolute atomic E-state index is 0. The molecule has 0 bridgehead atoms. The van der Waals surface area contributed by atoms with Crippen molar-refractivity contribution in [2.75, 3.05) is 0 Å². The summed E-state index contributed by atoms with van der Waals surface area (Å²) in [6, 6.07) is 5.52. The zero-order valence-corrected chi connectivity index (χ0v) is 14.9. The van der Waals surface area contributed by atoms with Gasteiger partial charge in [0.2, 0.25) is 5.89 Å². The van der Waals surface area contributed by atoms with Crippen LogP contribution in [0.5, 0.6) is 0 Å². The van der Waals surface area contributed by atoms with Gasteiger partial charge in [-0.15, -0.1) is 24.2 Å². The van der Waals surface area contributed by atoms with Gasteiger partial charge in [-0.3, -0.25) is 0 Å². The summed E-state index contributed by atoms with van der Waals surface area (Å²) in [5.41, 5.74) is 6.84. The Morgan fingerprint density at radius 2 is 2.05 bits per heavy atom. The minimum Gasteiger partial charge on any atom is -0.338 e. The fourth-order valence-corrected chi connectivity index (χ4v) is 3.60. The van der Waals surface area contributed by atoms with Crippen LogP contribution >= 0.6 is 47.4 Å². The lowest BCUT2D eigenvalue weighted by Gasteiger charge is -2.34. The minimum atomic E-state index is -0.369. The maximum atomic E-state index is 6.17. The topological polar surface area (TPSA) is 64.9 Å². The van der Waals surface area contributed by atoms with E-state index >= 15 is 0 Å². The Morgan fingerprint density at radius 3 is 2.68 bits per heavy atom. The van der Waals surface area contributed by atoms with E-state index in [0.29, 0.717) is 27.5 Å². The van der Waals surface area contributed by atoms with Crippen LogP contribution in [-0.2, 0) is 17.0 Å². The van der Waals surface area contributed by atoms with Crippen LogP contribution in [0.3, 0.4) is 0 Å². The van der Waals surface area contributed by atoms with Crippen LogP contribution < -0.4 is 5.73 Å². The van der Waals surface area contributed by atoms with Gasteiger partial charge in [-0.2, -0.15) is 4.98 Å². The van der Waals surface area contributed by atoms with E-state index in [1.165, 1.54) is 0 Å². The van der Waals surface area contributed by atoms with Crippen LogP contribution in [0.15, 0.2) is 22.7 Å². The van der Waals surface area contributed by atoms with E-state index in [9.17, 15) is 0 Å². The number of benzene rings is 1. The fourth-order valence-electron chi connectivity index (χ4n) is 2.18. The molecule has 0 spiro atoms. The summed E-state index contributed by atoms with van der Waals surface area (Å²) in [6.45, 7) is 0. The molecule has 0 amide bonds. The Bertz CT molecular complexity index is 646. The van der Waals surface area contributed by atoms with Crippen LogP contribution in [0.1, 0.15) is 36.5 Å². The number of hydrogen-bond acceptors (Lipinski definition) is 5. The number of hydrogen-bond donors (Lipinski definition) is 1. The summed E-state index contributed by atoms with van der Waals surface area (Å²) in [4.78, 5) is 4.39. The average Bonchev–Trinajstić information content (AvgIpc) is 2.88. The molecule has 1 aliphatic carbocycles. The predicted molar refractivity (Wildman–Crippen MR) is 92.7 cm³/mol. The molecule has 0 atom stereocenters. The van der Waals surface area contributed by atoms with Crippen molar-refractivity contribution >= 4 is 47.4 Å². The fraction of sp³-hybridized carbons (Fsp3) is 0.429. The molecule has 2 aromatic rings. The Labute approximate surface area is 149 Å². The monoisotopic (exact) mass is 379 g/mol. The first-order valence-electron chi connectivity index (χ1n) is 6.70. The van der Waals surface area contributed by atoms with Gasteiger partial charge in [0.1, 0.15) is 0 Å². The molecule has 1 aliphatic rings. The molecule has 1 heterocycles. The van der Waals surface area contributed by atoms with E-state index in [1.807, 2.05) is 12.1 Å². The van der Waals surface area contributed by atoms with Gasteiger partial charge in [-0.1, -0.05) is 34.4 Å². The van der Waals surface area contributed by atoms with Crippen molar-refractivity contribution in [1.82, 2.24) is 10.1 Å². The molecule has 2 N–H and O–H groups in total. The van der Waals surface area contributed by atoms with Gasteiger partial charge >= 0.3 is 0 Å². The largest absolute Gasteiger partial charge is 0.338 e. The zero-order chi connectivity index (χ0) is 14.9. The Hall–Kier alpha value is -0.460. The van der Waals surface area contributed by atoms with Crippen molar-refractivity contribution in [2.45, 2.75) is 36.3 Å². The summed E-state index contributed by atoms with van der Waals surface area (Å²) in [6.07, 6.45) is 2.99. The summed E-state index contributed by atoms with van der Waals surface area (Å²) < 4.78 is 5.26. The smallest absolute Gasteiger partial charge is 0.236 e. The second-order valence-corrected chi connectivity index (χ2v) is 7.08. The van der Waals surface area contributed by atoms with Crippen molar-refractivity contribution in [3.05, 3.63) is 45.5 Å². The Kier molecular flexibility index (Phi) is 6.02. The van der Waals surface area contributed by atoms with Gasteiger partial charge in [-0.05, 0) is 37.0 Å². The molecule has 8 heteroatoms. The summed E-state index contributed by atoms with van der Waals surface area (Å²) in [5, 5.41) is 5.32. The van der Waals surface area contributed by atoms with Crippen molar-refractivity contribution in [3.8, 4) is 0 Å². The van der Waals surface area contributed by atoms with Crippen molar-refractivity contribution in [1.29, 1.82) is 0 Å². The van der Waals surface area contributed by atoms with Crippen molar-refractivity contribution < 1.29 is 4.52 Å². The quantitative estimate of drug-likeness (QED) is 0.823. The van der Waals surface area contributed by atoms with E-state index in [4.69, 9.17) is 33.5 Å². The molecule has 1 fully saturated rings. The van der Waals surface area contributed by atoms with E-state index in [2.05, 4.69) is 10.1 Å². The van der Waals surface area contributed by atoms with Crippen LogP contribution in [0.4, 0.5) is 0 Å². The zero-order valence-electron chi connectivity index (χ0n) is 11.7. The predicted octanol–water partition coefficient (Wildman–Crippen LogP) is 4.57. The van der Waals surface area contributed by atoms with Crippen LogP contribution in [0.2, 0.25) is 10.0 Å².